The molecule has 4 rings (SSSR count). The minimum Gasteiger partial charge on any atom is -0.493 e. The van der Waals surface area contributed by atoms with Crippen molar-refractivity contribution in [1.29, 1.82) is 0 Å². The van der Waals surface area contributed by atoms with Crippen molar-refractivity contribution < 1.29 is 23.7 Å². The van der Waals surface area contributed by atoms with E-state index in [1.54, 1.807) is 7.11 Å². The summed E-state index contributed by atoms with van der Waals surface area (Å²) >= 11 is 0. The highest BCUT2D eigenvalue weighted by atomic mass is 16.7. The van der Waals surface area contributed by atoms with E-state index in [2.05, 4.69) is 0 Å². The Bertz CT molecular complexity index is 689. The highest BCUT2D eigenvalue weighted by Gasteiger charge is 2.42. The minimum absolute atomic E-state index is 0.106. The van der Waals surface area contributed by atoms with Gasteiger partial charge in [-0.15, -0.1) is 0 Å². The molecule has 0 N–H and O–H groups in total. The number of hydrogen-bond donors (Lipinski definition) is 0. The van der Waals surface area contributed by atoms with Gasteiger partial charge in [-0.25, -0.2) is 0 Å². The van der Waals surface area contributed by atoms with Crippen LogP contribution < -0.4 is 9.47 Å². The molecule has 1 unspecified atom stereocenters. The second-order valence-electron chi connectivity index (χ2n) is 6.18. The molecular formula is C20H22O5. The summed E-state index contributed by atoms with van der Waals surface area (Å²) in [4.78, 5) is 0. The second-order valence-corrected chi connectivity index (χ2v) is 6.18. The van der Waals surface area contributed by atoms with Crippen molar-refractivity contribution in [1.82, 2.24) is 0 Å². The van der Waals surface area contributed by atoms with Crippen LogP contribution in [0.15, 0.2) is 54.6 Å². The second kappa shape index (κ2) is 7.44. The van der Waals surface area contributed by atoms with Gasteiger partial charge in [0.25, 0.3) is 0 Å². The Morgan fingerprint density at radius 1 is 0.920 bits per heavy atom. The van der Waals surface area contributed by atoms with Crippen LogP contribution >= 0.6 is 0 Å². The lowest BCUT2D eigenvalue weighted by molar-refractivity contribution is -0.295. The third kappa shape index (κ3) is 3.49. The number of benzene rings is 2. The maximum Gasteiger partial charge on any atom is 0.184 e. The Morgan fingerprint density at radius 2 is 1.68 bits per heavy atom. The molecule has 4 atom stereocenters. The normalized spacial score (nSPS) is 28.8. The van der Waals surface area contributed by atoms with Crippen LogP contribution in [0.5, 0.6) is 11.5 Å². The zero-order valence-electron chi connectivity index (χ0n) is 14.2. The number of para-hydroxylation sites is 2. The summed E-state index contributed by atoms with van der Waals surface area (Å²) in [6.07, 6.45) is -0.0371. The third-order valence-corrected chi connectivity index (χ3v) is 4.58. The molecule has 2 fully saturated rings. The van der Waals surface area contributed by atoms with Gasteiger partial charge in [-0.1, -0.05) is 42.5 Å². The Labute approximate surface area is 147 Å². The van der Waals surface area contributed by atoms with E-state index in [1.165, 1.54) is 0 Å². The Kier molecular flexibility index (Phi) is 4.88. The molecule has 0 aliphatic carbocycles. The molecule has 2 heterocycles. The number of rotatable bonds is 4. The fourth-order valence-electron chi connectivity index (χ4n) is 3.31. The third-order valence-electron chi connectivity index (χ3n) is 4.58. The fourth-order valence-corrected chi connectivity index (χ4v) is 3.31. The van der Waals surface area contributed by atoms with Crippen LogP contribution in [0.2, 0.25) is 0 Å². The van der Waals surface area contributed by atoms with Gasteiger partial charge in [-0.05, 0) is 12.1 Å². The number of ether oxygens (including phenoxy) is 5. The van der Waals surface area contributed by atoms with E-state index in [0.29, 0.717) is 13.2 Å². The van der Waals surface area contributed by atoms with Crippen molar-refractivity contribution in [3.63, 3.8) is 0 Å². The summed E-state index contributed by atoms with van der Waals surface area (Å²) in [5, 5.41) is 0. The number of methoxy groups -OCH3 is 1. The molecular weight excluding hydrogens is 320 g/mol. The first kappa shape index (κ1) is 16.4. The molecule has 0 aromatic heterocycles. The average Bonchev–Trinajstić information content (AvgIpc) is 2.69. The van der Waals surface area contributed by atoms with Crippen molar-refractivity contribution in [2.75, 3.05) is 20.3 Å². The quantitative estimate of drug-likeness (QED) is 0.853. The highest BCUT2D eigenvalue weighted by Crippen LogP contribution is 2.35. The summed E-state index contributed by atoms with van der Waals surface area (Å²) in [5.74, 6) is 1.44. The molecule has 2 aromatic rings. The Balaban J connectivity index is 1.52. The van der Waals surface area contributed by atoms with Gasteiger partial charge in [-0.2, -0.15) is 0 Å². The summed E-state index contributed by atoms with van der Waals surface area (Å²) < 4.78 is 29.5. The first-order chi connectivity index (χ1) is 12.3. The predicted octanol–water partition coefficient (Wildman–Crippen LogP) is 3.35. The standard InChI is InChI=1S/C20H22O5/c1-21-15-9-5-6-10-16(15)24-17-11-12-22-18-13-23-20(25-19(17)18)14-7-3-2-4-8-14/h2-10,17-20H,11-13H2,1H3/t17-,18?,19+,20-/m1/s1. The molecule has 5 heteroatoms. The number of fused-ring (bicyclic) bond motifs is 1. The van der Waals surface area contributed by atoms with Crippen LogP contribution in [-0.2, 0) is 14.2 Å². The molecule has 0 radical (unpaired) electrons. The van der Waals surface area contributed by atoms with Gasteiger partial charge in [0, 0.05) is 12.0 Å². The van der Waals surface area contributed by atoms with Crippen molar-refractivity contribution in [2.24, 2.45) is 0 Å². The summed E-state index contributed by atoms with van der Waals surface area (Å²) in [5.41, 5.74) is 1.00. The Hall–Kier alpha value is -2.08. The van der Waals surface area contributed by atoms with Gasteiger partial charge in [0.2, 0.25) is 0 Å². The largest absolute Gasteiger partial charge is 0.493 e. The van der Waals surface area contributed by atoms with Gasteiger partial charge >= 0.3 is 0 Å². The Morgan fingerprint density at radius 3 is 2.48 bits per heavy atom. The van der Waals surface area contributed by atoms with Gasteiger partial charge in [0.15, 0.2) is 17.8 Å². The van der Waals surface area contributed by atoms with E-state index in [4.69, 9.17) is 23.7 Å². The molecule has 2 saturated heterocycles. The van der Waals surface area contributed by atoms with E-state index < -0.39 is 6.29 Å². The van der Waals surface area contributed by atoms with Crippen LogP contribution in [0.25, 0.3) is 0 Å². The first-order valence-electron chi connectivity index (χ1n) is 8.58. The predicted molar refractivity (Wildman–Crippen MR) is 91.8 cm³/mol. The molecule has 0 amide bonds. The molecule has 2 aromatic carbocycles. The SMILES string of the molecule is COc1ccccc1O[C@@H]1CCOC2CO[C@@H](c3ccccc3)O[C@H]21. The molecule has 0 saturated carbocycles. The molecule has 0 bridgehead atoms. The van der Waals surface area contributed by atoms with Crippen molar-refractivity contribution in [3.8, 4) is 11.5 Å². The topological polar surface area (TPSA) is 46.2 Å². The van der Waals surface area contributed by atoms with E-state index in [1.807, 2.05) is 54.6 Å². The van der Waals surface area contributed by atoms with E-state index in [-0.39, 0.29) is 18.3 Å². The zero-order valence-corrected chi connectivity index (χ0v) is 14.2. The average molecular weight is 342 g/mol. The van der Waals surface area contributed by atoms with E-state index >= 15 is 0 Å². The zero-order chi connectivity index (χ0) is 17.1. The van der Waals surface area contributed by atoms with Crippen molar-refractivity contribution in [2.45, 2.75) is 31.0 Å². The lowest BCUT2D eigenvalue weighted by atomic mass is 10.0. The maximum atomic E-state index is 6.25. The van der Waals surface area contributed by atoms with Crippen LogP contribution in [-0.4, -0.2) is 38.6 Å². The number of hydrogen-bond acceptors (Lipinski definition) is 5. The van der Waals surface area contributed by atoms with Gasteiger partial charge in [0.1, 0.15) is 18.3 Å². The smallest absolute Gasteiger partial charge is 0.184 e. The minimum atomic E-state index is -0.395. The lowest BCUT2D eigenvalue weighted by Gasteiger charge is -2.43. The van der Waals surface area contributed by atoms with Gasteiger partial charge < -0.3 is 23.7 Å². The van der Waals surface area contributed by atoms with Crippen molar-refractivity contribution >= 4 is 0 Å². The maximum absolute atomic E-state index is 6.25. The molecule has 25 heavy (non-hydrogen) atoms. The van der Waals surface area contributed by atoms with Crippen LogP contribution in [0.3, 0.4) is 0 Å². The van der Waals surface area contributed by atoms with Crippen LogP contribution in [0.4, 0.5) is 0 Å². The van der Waals surface area contributed by atoms with Gasteiger partial charge in [-0.3, -0.25) is 0 Å². The molecule has 2 aliphatic heterocycles. The molecule has 0 spiro atoms. The highest BCUT2D eigenvalue weighted by molar-refractivity contribution is 5.39. The summed E-state index contributed by atoms with van der Waals surface area (Å²) in [7, 11) is 1.64. The van der Waals surface area contributed by atoms with Crippen molar-refractivity contribution in [3.05, 3.63) is 60.2 Å². The van der Waals surface area contributed by atoms with Crippen LogP contribution in [0, 0.1) is 0 Å². The van der Waals surface area contributed by atoms with Crippen LogP contribution in [0.1, 0.15) is 18.3 Å². The van der Waals surface area contributed by atoms with E-state index in [9.17, 15) is 0 Å². The summed E-state index contributed by atoms with van der Waals surface area (Å²) in [6, 6.07) is 17.6. The first-order valence-corrected chi connectivity index (χ1v) is 8.58. The van der Waals surface area contributed by atoms with E-state index in [0.717, 1.165) is 23.5 Å². The molecule has 5 nitrogen and oxygen atoms in total. The van der Waals surface area contributed by atoms with Gasteiger partial charge in [0.05, 0.1) is 20.3 Å². The molecule has 2 aliphatic rings. The monoisotopic (exact) mass is 342 g/mol. The molecule has 132 valence electrons. The fraction of sp³-hybridized carbons (Fsp3) is 0.400. The lowest BCUT2D eigenvalue weighted by Crippen LogP contribution is -2.54. The summed E-state index contributed by atoms with van der Waals surface area (Å²) in [6.45, 7) is 1.12.